The van der Waals surface area contributed by atoms with Gasteiger partial charge in [0.25, 0.3) is 0 Å². The van der Waals surface area contributed by atoms with E-state index in [2.05, 4.69) is 17.0 Å². The zero-order chi connectivity index (χ0) is 15.0. The lowest BCUT2D eigenvalue weighted by molar-refractivity contribution is 0.0696. The standard InChI is InChI=1S/C16H18N2O3/c1-3-15-14(10(2)17-21-15)9-18-7-12-5-4-11(16(19)20)6-13(12)8-18/h4-6H,3,7-9H2,1-2H3,(H,19,20). The first kappa shape index (κ1) is 13.8. The molecule has 0 saturated heterocycles. The van der Waals surface area contributed by atoms with E-state index in [0.717, 1.165) is 48.6 Å². The molecule has 1 aromatic carbocycles. The summed E-state index contributed by atoms with van der Waals surface area (Å²) < 4.78 is 5.33. The molecule has 0 saturated carbocycles. The van der Waals surface area contributed by atoms with E-state index < -0.39 is 5.97 Å². The number of nitrogens with zero attached hydrogens (tertiary/aromatic N) is 2. The molecule has 3 rings (SSSR count). The molecule has 0 fully saturated rings. The maximum absolute atomic E-state index is 11.0. The molecule has 1 N–H and O–H groups in total. The van der Waals surface area contributed by atoms with Gasteiger partial charge in [0, 0.05) is 31.6 Å². The molecule has 1 aromatic heterocycles. The van der Waals surface area contributed by atoms with Crippen LogP contribution >= 0.6 is 0 Å². The summed E-state index contributed by atoms with van der Waals surface area (Å²) in [5, 5.41) is 13.1. The lowest BCUT2D eigenvalue weighted by Crippen LogP contribution is -2.16. The average Bonchev–Trinajstić information content (AvgIpc) is 3.02. The van der Waals surface area contributed by atoms with Gasteiger partial charge in [-0.05, 0) is 30.2 Å². The van der Waals surface area contributed by atoms with Gasteiger partial charge in [-0.2, -0.15) is 0 Å². The lowest BCUT2D eigenvalue weighted by Gasteiger charge is -2.14. The second-order valence-electron chi connectivity index (χ2n) is 5.46. The predicted molar refractivity (Wildman–Crippen MR) is 77.0 cm³/mol. The Bertz CT molecular complexity index is 691. The van der Waals surface area contributed by atoms with Crippen molar-refractivity contribution >= 4 is 5.97 Å². The Hall–Kier alpha value is -2.14. The quantitative estimate of drug-likeness (QED) is 0.936. The number of aromatic carboxylic acids is 1. The van der Waals surface area contributed by atoms with Crippen LogP contribution in [0.5, 0.6) is 0 Å². The highest BCUT2D eigenvalue weighted by molar-refractivity contribution is 5.87. The second-order valence-corrected chi connectivity index (χ2v) is 5.46. The number of hydrogen-bond acceptors (Lipinski definition) is 4. The molecule has 0 aliphatic carbocycles. The second kappa shape index (κ2) is 5.33. The molecule has 0 spiro atoms. The number of aryl methyl sites for hydroxylation is 2. The molecular formula is C16H18N2O3. The highest BCUT2D eigenvalue weighted by Gasteiger charge is 2.23. The van der Waals surface area contributed by atoms with Crippen LogP contribution in [0, 0.1) is 6.92 Å². The first-order chi connectivity index (χ1) is 10.1. The number of carbonyl (C=O) groups is 1. The minimum absolute atomic E-state index is 0.353. The van der Waals surface area contributed by atoms with Crippen LogP contribution in [0.15, 0.2) is 22.7 Å². The first-order valence-electron chi connectivity index (χ1n) is 7.10. The van der Waals surface area contributed by atoms with E-state index in [1.54, 1.807) is 12.1 Å². The summed E-state index contributed by atoms with van der Waals surface area (Å²) in [7, 11) is 0. The Morgan fingerprint density at radius 2 is 2.14 bits per heavy atom. The normalized spacial score (nSPS) is 14.4. The molecule has 0 radical (unpaired) electrons. The predicted octanol–water partition coefficient (Wildman–Crippen LogP) is 2.76. The van der Waals surface area contributed by atoms with Crippen LogP contribution in [0.4, 0.5) is 0 Å². The van der Waals surface area contributed by atoms with E-state index in [1.807, 2.05) is 13.0 Å². The van der Waals surface area contributed by atoms with Gasteiger partial charge in [-0.25, -0.2) is 4.79 Å². The van der Waals surface area contributed by atoms with E-state index in [9.17, 15) is 4.79 Å². The number of aromatic nitrogens is 1. The fraction of sp³-hybridized carbons (Fsp3) is 0.375. The van der Waals surface area contributed by atoms with Gasteiger partial charge in [0.1, 0.15) is 5.76 Å². The summed E-state index contributed by atoms with van der Waals surface area (Å²) in [5.41, 5.74) is 4.75. The van der Waals surface area contributed by atoms with Crippen molar-refractivity contribution in [1.29, 1.82) is 0 Å². The van der Waals surface area contributed by atoms with E-state index >= 15 is 0 Å². The summed E-state index contributed by atoms with van der Waals surface area (Å²) in [4.78, 5) is 13.3. The fourth-order valence-electron chi connectivity index (χ4n) is 2.85. The SMILES string of the molecule is CCc1onc(C)c1CN1Cc2ccc(C(=O)O)cc2C1. The van der Waals surface area contributed by atoms with E-state index in [1.165, 1.54) is 5.56 Å². The molecule has 1 aliphatic rings. The van der Waals surface area contributed by atoms with Crippen molar-refractivity contribution in [2.24, 2.45) is 0 Å². The van der Waals surface area contributed by atoms with Gasteiger partial charge >= 0.3 is 5.97 Å². The maximum atomic E-state index is 11.0. The molecular weight excluding hydrogens is 268 g/mol. The molecule has 0 unspecified atom stereocenters. The molecule has 2 aromatic rings. The van der Waals surface area contributed by atoms with Crippen LogP contribution in [0.2, 0.25) is 0 Å². The lowest BCUT2D eigenvalue weighted by atomic mass is 10.1. The van der Waals surface area contributed by atoms with Crippen molar-refractivity contribution in [3.05, 3.63) is 51.9 Å². The zero-order valence-corrected chi connectivity index (χ0v) is 12.2. The number of carboxylic acid groups (broad SMARTS) is 1. The van der Waals surface area contributed by atoms with Crippen molar-refractivity contribution in [3.8, 4) is 0 Å². The molecule has 0 atom stereocenters. The summed E-state index contributed by atoms with van der Waals surface area (Å²) in [6.45, 7) is 6.41. The Balaban J connectivity index is 1.78. The number of carboxylic acids is 1. The van der Waals surface area contributed by atoms with E-state index in [-0.39, 0.29) is 0 Å². The molecule has 2 heterocycles. The van der Waals surface area contributed by atoms with E-state index in [0.29, 0.717) is 5.56 Å². The largest absolute Gasteiger partial charge is 0.478 e. The van der Waals surface area contributed by atoms with Crippen LogP contribution in [-0.4, -0.2) is 21.1 Å². The fourth-order valence-corrected chi connectivity index (χ4v) is 2.85. The van der Waals surface area contributed by atoms with Crippen molar-refractivity contribution in [1.82, 2.24) is 10.1 Å². The summed E-state index contributed by atoms with van der Waals surface area (Å²) >= 11 is 0. The van der Waals surface area contributed by atoms with Crippen molar-refractivity contribution in [3.63, 3.8) is 0 Å². The van der Waals surface area contributed by atoms with Gasteiger partial charge in [-0.15, -0.1) is 0 Å². The Labute approximate surface area is 123 Å². The summed E-state index contributed by atoms with van der Waals surface area (Å²) in [5.74, 6) is 0.0640. The van der Waals surface area contributed by atoms with Gasteiger partial charge in [-0.1, -0.05) is 18.1 Å². The third-order valence-electron chi connectivity index (χ3n) is 4.01. The van der Waals surface area contributed by atoms with Gasteiger partial charge in [-0.3, -0.25) is 4.90 Å². The number of hydrogen-bond donors (Lipinski definition) is 1. The molecule has 21 heavy (non-hydrogen) atoms. The highest BCUT2D eigenvalue weighted by atomic mass is 16.5. The molecule has 110 valence electrons. The maximum Gasteiger partial charge on any atom is 0.335 e. The molecule has 5 nitrogen and oxygen atoms in total. The summed E-state index contributed by atoms with van der Waals surface area (Å²) in [6.07, 6.45) is 0.833. The smallest absolute Gasteiger partial charge is 0.335 e. The average molecular weight is 286 g/mol. The van der Waals surface area contributed by atoms with Gasteiger partial charge in [0.05, 0.1) is 11.3 Å². The highest BCUT2D eigenvalue weighted by Crippen LogP contribution is 2.27. The van der Waals surface area contributed by atoms with Gasteiger partial charge in [0.2, 0.25) is 0 Å². The molecule has 1 aliphatic heterocycles. The minimum atomic E-state index is -0.876. The van der Waals surface area contributed by atoms with Crippen LogP contribution in [0.25, 0.3) is 0 Å². The summed E-state index contributed by atoms with van der Waals surface area (Å²) in [6, 6.07) is 5.37. The number of rotatable bonds is 4. The minimum Gasteiger partial charge on any atom is -0.478 e. The van der Waals surface area contributed by atoms with Crippen LogP contribution in [0.1, 0.15) is 45.4 Å². The molecule has 0 amide bonds. The molecule has 5 heteroatoms. The molecule has 0 bridgehead atoms. The van der Waals surface area contributed by atoms with Crippen molar-refractivity contribution in [2.45, 2.75) is 39.9 Å². The van der Waals surface area contributed by atoms with E-state index in [4.69, 9.17) is 9.63 Å². The Morgan fingerprint density at radius 3 is 2.86 bits per heavy atom. The van der Waals surface area contributed by atoms with Crippen LogP contribution in [-0.2, 0) is 26.1 Å². The van der Waals surface area contributed by atoms with Crippen LogP contribution in [0.3, 0.4) is 0 Å². The van der Waals surface area contributed by atoms with Crippen molar-refractivity contribution < 1.29 is 14.4 Å². The third-order valence-corrected chi connectivity index (χ3v) is 4.01. The number of benzene rings is 1. The zero-order valence-electron chi connectivity index (χ0n) is 12.2. The Morgan fingerprint density at radius 1 is 1.38 bits per heavy atom. The van der Waals surface area contributed by atoms with Gasteiger partial charge < -0.3 is 9.63 Å². The Kier molecular flexibility index (Phi) is 3.51. The first-order valence-corrected chi connectivity index (χ1v) is 7.10. The topological polar surface area (TPSA) is 66.6 Å². The monoisotopic (exact) mass is 286 g/mol. The third kappa shape index (κ3) is 2.56. The number of fused-ring (bicyclic) bond motifs is 1. The van der Waals surface area contributed by atoms with Crippen LogP contribution < -0.4 is 0 Å². The van der Waals surface area contributed by atoms with Gasteiger partial charge in [0.15, 0.2) is 0 Å². The van der Waals surface area contributed by atoms with Crippen molar-refractivity contribution in [2.75, 3.05) is 0 Å².